The van der Waals surface area contributed by atoms with Gasteiger partial charge in [-0.2, -0.15) is 22.0 Å². The zero-order chi connectivity index (χ0) is 14.1. The Hall–Kier alpha value is -1.86. The summed E-state index contributed by atoms with van der Waals surface area (Å²) in [6, 6.07) is 1.55. The Bertz CT molecular complexity index is 467. The van der Waals surface area contributed by atoms with Crippen LogP contribution in [0.5, 0.6) is 5.75 Å². The maximum atomic E-state index is 13.2. The summed E-state index contributed by atoms with van der Waals surface area (Å²) in [5.74, 6) is -7.58. The highest BCUT2D eigenvalue weighted by Crippen LogP contribution is 2.41. The van der Waals surface area contributed by atoms with E-state index in [0.717, 1.165) is 13.2 Å². The second kappa shape index (κ2) is 4.43. The number of alkyl halides is 5. The molecule has 0 spiro atoms. The highest BCUT2D eigenvalue weighted by Gasteiger charge is 2.48. The van der Waals surface area contributed by atoms with Gasteiger partial charge in [0.2, 0.25) is 0 Å². The smallest absolute Gasteiger partial charge is 0.417 e. The van der Waals surface area contributed by atoms with Gasteiger partial charge in [-0.1, -0.05) is 0 Å². The number of carboxylic acids is 1. The van der Waals surface area contributed by atoms with Crippen LogP contribution in [0.3, 0.4) is 0 Å². The van der Waals surface area contributed by atoms with Gasteiger partial charge in [0, 0.05) is 5.56 Å². The number of carboxylic acid groups (broad SMARTS) is 1. The molecule has 0 saturated heterocycles. The second-order valence-electron chi connectivity index (χ2n) is 3.29. The monoisotopic (exact) mass is 270 g/mol. The van der Waals surface area contributed by atoms with Crippen molar-refractivity contribution >= 4 is 5.97 Å². The molecule has 0 saturated carbocycles. The molecule has 0 heterocycles. The third-order valence-electron chi connectivity index (χ3n) is 2.14. The van der Waals surface area contributed by atoms with E-state index in [4.69, 9.17) is 5.11 Å². The minimum Gasteiger partial charge on any atom is -0.497 e. The molecule has 0 amide bonds. The molecule has 0 aliphatic heterocycles. The molecule has 100 valence electrons. The van der Waals surface area contributed by atoms with Crippen molar-refractivity contribution in [2.24, 2.45) is 0 Å². The summed E-state index contributed by atoms with van der Waals surface area (Å²) in [4.78, 5) is 10.3. The molecule has 3 nitrogen and oxygen atoms in total. The lowest BCUT2D eigenvalue weighted by atomic mass is 10.0. The Morgan fingerprint density at radius 2 is 1.72 bits per heavy atom. The average Bonchev–Trinajstić information content (AvgIpc) is 2.26. The molecule has 0 aromatic heterocycles. The van der Waals surface area contributed by atoms with Crippen molar-refractivity contribution in [2.45, 2.75) is 12.1 Å². The van der Waals surface area contributed by atoms with Gasteiger partial charge in [-0.25, -0.2) is 4.79 Å². The van der Waals surface area contributed by atoms with Gasteiger partial charge < -0.3 is 9.84 Å². The lowest BCUT2D eigenvalue weighted by Gasteiger charge is -2.18. The molecule has 8 heteroatoms. The summed E-state index contributed by atoms with van der Waals surface area (Å²) in [6.07, 6.45) is -5.11. The number of ether oxygens (including phenoxy) is 1. The molecule has 1 aromatic rings. The molecule has 1 aromatic carbocycles. The molecular formula is C10H7F5O3. The number of aliphatic carboxylic acids is 1. The van der Waals surface area contributed by atoms with E-state index in [-0.39, 0.29) is 5.75 Å². The van der Waals surface area contributed by atoms with E-state index in [2.05, 4.69) is 4.74 Å². The van der Waals surface area contributed by atoms with Crippen LogP contribution in [0.4, 0.5) is 22.0 Å². The Morgan fingerprint density at radius 1 is 1.17 bits per heavy atom. The van der Waals surface area contributed by atoms with Gasteiger partial charge in [0.15, 0.2) is 0 Å². The summed E-state index contributed by atoms with van der Waals surface area (Å²) in [7, 11) is 1.06. The Kier molecular flexibility index (Phi) is 3.50. The molecule has 0 atom stereocenters. The third-order valence-corrected chi connectivity index (χ3v) is 2.14. The van der Waals surface area contributed by atoms with Crippen molar-refractivity contribution < 1.29 is 36.6 Å². The van der Waals surface area contributed by atoms with E-state index >= 15 is 0 Å². The lowest BCUT2D eigenvalue weighted by Crippen LogP contribution is -2.28. The highest BCUT2D eigenvalue weighted by atomic mass is 19.4. The van der Waals surface area contributed by atoms with Gasteiger partial charge in [-0.05, 0) is 18.2 Å². The summed E-state index contributed by atoms with van der Waals surface area (Å²) in [5, 5.41) is 8.26. The summed E-state index contributed by atoms with van der Waals surface area (Å²) in [6.45, 7) is 0. The first kappa shape index (κ1) is 14.2. The van der Waals surface area contributed by atoms with Crippen molar-refractivity contribution in [2.75, 3.05) is 7.11 Å². The van der Waals surface area contributed by atoms with Crippen LogP contribution in [-0.4, -0.2) is 18.2 Å². The van der Waals surface area contributed by atoms with Crippen LogP contribution in [0, 0.1) is 0 Å². The van der Waals surface area contributed by atoms with Crippen LogP contribution in [0.15, 0.2) is 18.2 Å². The molecule has 1 rings (SSSR count). The number of hydrogen-bond donors (Lipinski definition) is 1. The average molecular weight is 270 g/mol. The van der Waals surface area contributed by atoms with Crippen molar-refractivity contribution in [3.8, 4) is 5.75 Å². The van der Waals surface area contributed by atoms with Crippen LogP contribution in [-0.2, 0) is 16.9 Å². The topological polar surface area (TPSA) is 46.5 Å². The van der Waals surface area contributed by atoms with E-state index in [1.807, 2.05) is 0 Å². The first-order chi connectivity index (χ1) is 8.10. The van der Waals surface area contributed by atoms with E-state index in [1.54, 1.807) is 0 Å². The van der Waals surface area contributed by atoms with Gasteiger partial charge in [-0.3, -0.25) is 0 Å². The second-order valence-corrected chi connectivity index (χ2v) is 3.29. The molecule has 1 N–H and O–H groups in total. The maximum Gasteiger partial charge on any atom is 0.417 e. The first-order valence-corrected chi connectivity index (χ1v) is 4.47. The molecular weight excluding hydrogens is 263 g/mol. The van der Waals surface area contributed by atoms with Crippen LogP contribution in [0.1, 0.15) is 11.1 Å². The predicted octanol–water partition coefficient (Wildman–Crippen LogP) is 2.89. The van der Waals surface area contributed by atoms with Gasteiger partial charge in [0.05, 0.1) is 12.7 Å². The van der Waals surface area contributed by atoms with Crippen molar-refractivity contribution in [1.29, 1.82) is 0 Å². The van der Waals surface area contributed by atoms with Gasteiger partial charge in [-0.15, -0.1) is 0 Å². The maximum absolute atomic E-state index is 13.2. The molecule has 0 bridgehead atoms. The number of carbonyl (C=O) groups is 1. The Labute approximate surface area is 97.8 Å². The highest BCUT2D eigenvalue weighted by molar-refractivity contribution is 5.78. The molecule has 18 heavy (non-hydrogen) atoms. The van der Waals surface area contributed by atoms with Crippen LogP contribution >= 0.6 is 0 Å². The van der Waals surface area contributed by atoms with Crippen molar-refractivity contribution in [3.05, 3.63) is 29.3 Å². The standard InChI is InChI=1S/C10H7F5O3/c1-18-5-2-3-6(9(11,12)8(16)17)7(4-5)10(13,14)15/h2-4H,1H3,(H,16,17). The van der Waals surface area contributed by atoms with E-state index in [9.17, 15) is 26.7 Å². The predicted molar refractivity (Wildman–Crippen MR) is 49.5 cm³/mol. The first-order valence-electron chi connectivity index (χ1n) is 4.47. The largest absolute Gasteiger partial charge is 0.497 e. The van der Waals surface area contributed by atoms with Crippen LogP contribution < -0.4 is 4.74 Å². The molecule has 0 aliphatic carbocycles. The number of halogens is 5. The summed E-state index contributed by atoms with van der Waals surface area (Å²) < 4.78 is 68.5. The van der Waals surface area contributed by atoms with E-state index in [1.165, 1.54) is 0 Å². The normalized spacial score (nSPS) is 12.3. The van der Waals surface area contributed by atoms with Gasteiger partial charge in [0.1, 0.15) is 5.75 Å². The fourth-order valence-electron chi connectivity index (χ4n) is 1.27. The number of methoxy groups -OCH3 is 1. The van der Waals surface area contributed by atoms with Crippen LogP contribution in [0.2, 0.25) is 0 Å². The summed E-state index contributed by atoms with van der Waals surface area (Å²) in [5.41, 5.74) is -3.36. The quantitative estimate of drug-likeness (QED) is 0.859. The van der Waals surface area contributed by atoms with Gasteiger partial charge in [0.25, 0.3) is 0 Å². The Balaban J connectivity index is 3.50. The SMILES string of the molecule is COc1ccc(C(F)(F)C(=O)O)c(C(F)(F)F)c1. The number of hydrogen-bond acceptors (Lipinski definition) is 2. The number of benzene rings is 1. The number of rotatable bonds is 3. The fourth-order valence-corrected chi connectivity index (χ4v) is 1.27. The molecule has 0 radical (unpaired) electrons. The van der Waals surface area contributed by atoms with Crippen molar-refractivity contribution in [1.82, 2.24) is 0 Å². The fraction of sp³-hybridized carbons (Fsp3) is 0.300. The lowest BCUT2D eigenvalue weighted by molar-refractivity contribution is -0.169. The van der Waals surface area contributed by atoms with Gasteiger partial charge >= 0.3 is 18.1 Å². The van der Waals surface area contributed by atoms with E-state index < -0.39 is 29.2 Å². The molecule has 0 fully saturated rings. The third kappa shape index (κ3) is 2.52. The zero-order valence-electron chi connectivity index (χ0n) is 8.89. The zero-order valence-corrected chi connectivity index (χ0v) is 8.89. The van der Waals surface area contributed by atoms with Crippen LogP contribution in [0.25, 0.3) is 0 Å². The molecule has 0 aliphatic rings. The molecule has 0 unspecified atom stereocenters. The van der Waals surface area contributed by atoms with E-state index in [0.29, 0.717) is 12.1 Å². The Morgan fingerprint density at radius 3 is 2.11 bits per heavy atom. The minimum atomic E-state index is -5.11. The summed E-state index contributed by atoms with van der Waals surface area (Å²) >= 11 is 0. The minimum absolute atomic E-state index is 0.299. The van der Waals surface area contributed by atoms with Crippen molar-refractivity contribution in [3.63, 3.8) is 0 Å².